The highest BCUT2D eigenvalue weighted by molar-refractivity contribution is 9.10. The summed E-state index contributed by atoms with van der Waals surface area (Å²) in [5, 5.41) is 12.2. The van der Waals surface area contributed by atoms with Crippen molar-refractivity contribution in [2.75, 3.05) is 0 Å². The van der Waals surface area contributed by atoms with Crippen LogP contribution in [0.3, 0.4) is 0 Å². The Morgan fingerprint density at radius 3 is 2.78 bits per heavy atom. The van der Waals surface area contributed by atoms with Gasteiger partial charge >= 0.3 is 0 Å². The maximum absolute atomic E-state index is 8.87. The van der Waals surface area contributed by atoms with E-state index in [-0.39, 0.29) is 0 Å². The van der Waals surface area contributed by atoms with E-state index in [1.54, 1.807) is 0 Å². The molecule has 0 radical (unpaired) electrons. The molecule has 18 heavy (non-hydrogen) atoms. The van der Waals surface area contributed by atoms with Gasteiger partial charge in [0, 0.05) is 30.8 Å². The molecule has 0 unspecified atom stereocenters. The van der Waals surface area contributed by atoms with Gasteiger partial charge in [0.15, 0.2) is 0 Å². The Kier molecular flexibility index (Phi) is 4.19. The van der Waals surface area contributed by atoms with Crippen molar-refractivity contribution in [1.29, 1.82) is 5.26 Å². The molecule has 92 valence electrons. The topological polar surface area (TPSA) is 40.8 Å². The van der Waals surface area contributed by atoms with Gasteiger partial charge in [0.25, 0.3) is 0 Å². The summed E-state index contributed by atoms with van der Waals surface area (Å²) in [7, 11) is 1.88. The minimum Gasteiger partial charge on any atom is -0.342 e. The number of aryl methyl sites for hydroxylation is 1. The summed E-state index contributed by atoms with van der Waals surface area (Å²) in [6.07, 6.45) is 1.98. The van der Waals surface area contributed by atoms with E-state index in [1.807, 2.05) is 42.1 Å². The molecular formula is C14H14BrN3. The average molecular weight is 304 g/mol. The monoisotopic (exact) mass is 303 g/mol. The van der Waals surface area contributed by atoms with Gasteiger partial charge in [-0.2, -0.15) is 5.26 Å². The molecular weight excluding hydrogens is 290 g/mol. The average Bonchev–Trinajstić information content (AvgIpc) is 2.72. The lowest BCUT2D eigenvalue weighted by Crippen LogP contribution is -2.12. The predicted molar refractivity (Wildman–Crippen MR) is 74.8 cm³/mol. The Hall–Kier alpha value is -1.57. The fourth-order valence-electron chi connectivity index (χ4n) is 1.82. The standard InChI is InChI=1S/C14H14BrN3/c1-18-10-11(6-13(18)7-16)8-17-9-12-4-2-3-5-14(12)15/h2-6,10,17H,8-9H2,1H3. The number of nitrogens with zero attached hydrogens (tertiary/aromatic N) is 2. The van der Waals surface area contributed by atoms with Gasteiger partial charge in [0.2, 0.25) is 0 Å². The fraction of sp³-hybridized carbons (Fsp3) is 0.214. The Bertz CT molecular complexity index is 581. The van der Waals surface area contributed by atoms with E-state index in [9.17, 15) is 0 Å². The number of nitriles is 1. The van der Waals surface area contributed by atoms with E-state index >= 15 is 0 Å². The van der Waals surface area contributed by atoms with Crippen LogP contribution < -0.4 is 5.32 Å². The Morgan fingerprint density at radius 1 is 1.33 bits per heavy atom. The minimum absolute atomic E-state index is 0.688. The summed E-state index contributed by atoms with van der Waals surface area (Å²) < 4.78 is 2.96. The lowest BCUT2D eigenvalue weighted by molar-refractivity contribution is 0.690. The van der Waals surface area contributed by atoms with Crippen molar-refractivity contribution in [3.8, 4) is 6.07 Å². The quantitative estimate of drug-likeness (QED) is 0.943. The van der Waals surface area contributed by atoms with Crippen molar-refractivity contribution < 1.29 is 0 Å². The summed E-state index contributed by atoms with van der Waals surface area (Å²) in [6.45, 7) is 1.56. The maximum Gasteiger partial charge on any atom is 0.120 e. The van der Waals surface area contributed by atoms with E-state index in [1.165, 1.54) is 5.56 Å². The zero-order valence-electron chi connectivity index (χ0n) is 10.2. The number of aromatic nitrogens is 1. The number of benzene rings is 1. The molecule has 0 atom stereocenters. The summed E-state index contributed by atoms with van der Waals surface area (Å²) in [5.41, 5.74) is 3.04. The second kappa shape index (κ2) is 5.85. The van der Waals surface area contributed by atoms with Crippen LogP contribution >= 0.6 is 15.9 Å². The van der Waals surface area contributed by atoms with Gasteiger partial charge < -0.3 is 9.88 Å². The normalized spacial score (nSPS) is 10.3. The van der Waals surface area contributed by atoms with Crippen LogP contribution in [0.4, 0.5) is 0 Å². The molecule has 0 bridgehead atoms. The van der Waals surface area contributed by atoms with E-state index in [0.717, 1.165) is 23.1 Å². The van der Waals surface area contributed by atoms with Crippen molar-refractivity contribution in [3.63, 3.8) is 0 Å². The summed E-state index contributed by atoms with van der Waals surface area (Å²) in [4.78, 5) is 0. The van der Waals surface area contributed by atoms with Crippen LogP contribution in [0.15, 0.2) is 41.0 Å². The van der Waals surface area contributed by atoms with E-state index in [2.05, 4.69) is 33.4 Å². The van der Waals surface area contributed by atoms with Crippen LogP contribution in [0.1, 0.15) is 16.8 Å². The smallest absolute Gasteiger partial charge is 0.120 e. The maximum atomic E-state index is 8.87. The number of nitrogens with one attached hydrogen (secondary N) is 1. The van der Waals surface area contributed by atoms with Crippen molar-refractivity contribution >= 4 is 15.9 Å². The Labute approximate surface area is 115 Å². The van der Waals surface area contributed by atoms with Crippen molar-refractivity contribution in [2.45, 2.75) is 13.1 Å². The van der Waals surface area contributed by atoms with E-state index in [0.29, 0.717) is 5.69 Å². The highest BCUT2D eigenvalue weighted by Crippen LogP contribution is 2.15. The first-order valence-electron chi connectivity index (χ1n) is 5.70. The highest BCUT2D eigenvalue weighted by Gasteiger charge is 2.02. The molecule has 3 nitrogen and oxygen atoms in total. The van der Waals surface area contributed by atoms with Crippen LogP contribution in [-0.2, 0) is 20.1 Å². The molecule has 1 heterocycles. The van der Waals surface area contributed by atoms with Crippen LogP contribution in [0.5, 0.6) is 0 Å². The van der Waals surface area contributed by atoms with Crippen LogP contribution in [0, 0.1) is 11.3 Å². The molecule has 1 aromatic carbocycles. The van der Waals surface area contributed by atoms with Gasteiger partial charge in [-0.15, -0.1) is 0 Å². The zero-order valence-corrected chi connectivity index (χ0v) is 11.7. The Morgan fingerprint density at radius 2 is 2.11 bits per heavy atom. The van der Waals surface area contributed by atoms with Crippen LogP contribution in [-0.4, -0.2) is 4.57 Å². The number of rotatable bonds is 4. The van der Waals surface area contributed by atoms with Gasteiger partial charge in [-0.05, 0) is 23.3 Å². The lowest BCUT2D eigenvalue weighted by Gasteiger charge is -2.05. The minimum atomic E-state index is 0.688. The van der Waals surface area contributed by atoms with Crippen molar-refractivity contribution in [3.05, 3.63) is 57.8 Å². The number of halogens is 1. The molecule has 0 aliphatic rings. The van der Waals surface area contributed by atoms with Crippen molar-refractivity contribution in [1.82, 2.24) is 9.88 Å². The first-order valence-corrected chi connectivity index (χ1v) is 6.49. The molecule has 1 N–H and O–H groups in total. The third-order valence-corrected chi connectivity index (χ3v) is 3.55. The van der Waals surface area contributed by atoms with Gasteiger partial charge in [-0.3, -0.25) is 0 Å². The van der Waals surface area contributed by atoms with Gasteiger partial charge in [-0.1, -0.05) is 34.1 Å². The second-order valence-corrected chi connectivity index (χ2v) is 5.01. The fourth-order valence-corrected chi connectivity index (χ4v) is 2.25. The molecule has 0 spiro atoms. The van der Waals surface area contributed by atoms with Gasteiger partial charge in [0.1, 0.15) is 11.8 Å². The first-order chi connectivity index (χ1) is 8.70. The highest BCUT2D eigenvalue weighted by atomic mass is 79.9. The number of hydrogen-bond acceptors (Lipinski definition) is 2. The number of hydrogen-bond donors (Lipinski definition) is 1. The largest absolute Gasteiger partial charge is 0.342 e. The second-order valence-electron chi connectivity index (χ2n) is 4.15. The lowest BCUT2D eigenvalue weighted by atomic mass is 10.2. The van der Waals surface area contributed by atoms with Crippen LogP contribution in [0.25, 0.3) is 0 Å². The summed E-state index contributed by atoms with van der Waals surface area (Å²) in [5.74, 6) is 0. The molecule has 2 aromatic rings. The molecule has 0 saturated heterocycles. The molecule has 0 fully saturated rings. The SMILES string of the molecule is Cn1cc(CNCc2ccccc2Br)cc1C#N. The molecule has 0 amide bonds. The predicted octanol–water partition coefficient (Wildman–Crippen LogP) is 2.95. The molecule has 0 aliphatic heterocycles. The third kappa shape index (κ3) is 3.00. The van der Waals surface area contributed by atoms with Crippen LogP contribution in [0.2, 0.25) is 0 Å². The third-order valence-electron chi connectivity index (χ3n) is 2.78. The van der Waals surface area contributed by atoms with E-state index in [4.69, 9.17) is 5.26 Å². The van der Waals surface area contributed by atoms with Crippen molar-refractivity contribution in [2.24, 2.45) is 7.05 Å². The first kappa shape index (κ1) is 12.9. The Balaban J connectivity index is 1.93. The van der Waals surface area contributed by atoms with Gasteiger partial charge in [-0.25, -0.2) is 0 Å². The molecule has 2 rings (SSSR count). The molecule has 1 aromatic heterocycles. The molecule has 4 heteroatoms. The summed E-state index contributed by atoms with van der Waals surface area (Å²) in [6, 6.07) is 12.2. The van der Waals surface area contributed by atoms with E-state index < -0.39 is 0 Å². The zero-order chi connectivity index (χ0) is 13.0. The molecule has 0 saturated carbocycles. The molecule has 0 aliphatic carbocycles. The van der Waals surface area contributed by atoms with Gasteiger partial charge in [0.05, 0.1) is 0 Å². The summed E-state index contributed by atoms with van der Waals surface area (Å²) >= 11 is 3.52.